The number of nitrogens with one attached hydrogen (secondary N) is 8. The minimum atomic E-state index is -3.77. The molecule has 1 saturated heterocycles. The standard InChI is InChI=1S/C64H101FN12O25Si/c1-63(2,3)103(65,64(4,5)6)40-17-15-39(16-18-40)55(90)68-35-45(70-50(81)22-20-46(61(100)101)77-33-31-75(37-53(86)87)29-27-74(36-52(84)85)28-30-76(32-34-77)38-54(88)89)56(91)71-42(58(94)95)11-7-8-25-66-47(78)23-24-48(79)67-26-10-13-41(57(92)93)69-49(80)21-19-44(60(98)99)73-62(102)72-43(59(96)97)12-9-14-51(82)83/h15-18,41-46H,7-14,19-38H2,1-6H3,(H,66,78)(H,67,79)(H,68,90)(H,69,80)(H,70,81)(H,71,91)(H,82,83)(H,84,85)(H,86,87)(H,88,89)(H,92,93)(H,94,95)(H,96,97)(H,98,99)(H,100,101)(H2,72,73,102)/t41-,42-,43+,44+,45+,46+/m1/s1. The van der Waals surface area contributed by atoms with Crippen LogP contribution >= 0.6 is 0 Å². The summed E-state index contributed by atoms with van der Waals surface area (Å²) in [5, 5.41) is 105. The van der Waals surface area contributed by atoms with Gasteiger partial charge < -0.3 is 92.6 Å². The van der Waals surface area contributed by atoms with Gasteiger partial charge in [-0.1, -0.05) is 53.7 Å². The smallest absolute Gasteiger partial charge is 0.326 e. The number of amides is 8. The Labute approximate surface area is 594 Å². The Kier molecular flexibility index (Phi) is 38.4. The number of hydrogen-bond donors (Lipinski definition) is 17. The van der Waals surface area contributed by atoms with Crippen LogP contribution in [-0.4, -0.2) is 297 Å². The van der Waals surface area contributed by atoms with Crippen LogP contribution < -0.4 is 47.7 Å². The van der Waals surface area contributed by atoms with Gasteiger partial charge in [-0.15, -0.1) is 0 Å². The fourth-order valence-corrected chi connectivity index (χ4v) is 16.2. The quantitative estimate of drug-likeness (QED) is 0.0205. The first kappa shape index (κ1) is 89.6. The zero-order valence-electron chi connectivity index (χ0n) is 58.8. The van der Waals surface area contributed by atoms with Crippen molar-refractivity contribution < 1.29 is 127 Å². The minimum absolute atomic E-state index is 0.00248. The molecule has 0 aromatic heterocycles. The SMILES string of the molecule is CC(C)(C)[Si](F)(c1ccc(C(=O)NC[C@H](NC(=O)CC[C@@H](C(=O)O)N2CCN(CC(=O)O)CCN(CC(=O)O)CCN(CC(=O)O)CC2)C(=O)N[C@H](CCCCNC(=O)CCC(=O)NCCC[C@@H](NC(=O)CC[C@H](NC(=O)N[C@@H](CCCC(=O)O)C(=O)O)C(=O)O)C(=O)O)C(=O)O)cc1)C(C)(C)C. The summed E-state index contributed by atoms with van der Waals surface area (Å²) < 4.78 is 17.1. The van der Waals surface area contributed by atoms with Gasteiger partial charge in [-0.25, -0.2) is 24.0 Å². The van der Waals surface area contributed by atoms with E-state index in [4.69, 9.17) is 5.11 Å². The molecule has 8 amide bonds. The van der Waals surface area contributed by atoms with E-state index < -0.39 is 208 Å². The van der Waals surface area contributed by atoms with Crippen LogP contribution in [0.15, 0.2) is 24.3 Å². The van der Waals surface area contributed by atoms with Crippen LogP contribution in [0.2, 0.25) is 10.1 Å². The molecule has 39 heteroatoms. The van der Waals surface area contributed by atoms with Crippen LogP contribution in [-0.2, 0) is 67.1 Å². The summed E-state index contributed by atoms with van der Waals surface area (Å²) in [6.07, 6.45) is -3.85. The third-order valence-electron chi connectivity index (χ3n) is 16.9. The maximum absolute atomic E-state index is 17.1. The lowest BCUT2D eigenvalue weighted by Crippen LogP contribution is -2.58. The van der Waals surface area contributed by atoms with E-state index in [9.17, 15) is 118 Å². The number of carboxylic acid groups (broad SMARTS) is 9. The van der Waals surface area contributed by atoms with Crippen LogP contribution in [0.25, 0.3) is 0 Å². The van der Waals surface area contributed by atoms with Gasteiger partial charge in [-0.3, -0.25) is 72.3 Å². The molecule has 17 N–H and O–H groups in total. The fraction of sp³-hybridized carbons (Fsp3) is 0.656. The van der Waals surface area contributed by atoms with Gasteiger partial charge >= 0.3 is 59.8 Å². The Bertz CT molecular complexity index is 3070. The van der Waals surface area contributed by atoms with Crippen molar-refractivity contribution in [2.75, 3.05) is 91.6 Å². The first-order valence-electron chi connectivity index (χ1n) is 33.5. The topological polar surface area (TPSA) is 564 Å². The molecule has 0 bridgehead atoms. The molecular weight excluding hydrogens is 1380 g/mol. The molecule has 6 atom stereocenters. The number of aliphatic carboxylic acids is 9. The highest BCUT2D eigenvalue weighted by atomic mass is 28.4. The number of carboxylic acids is 9. The van der Waals surface area contributed by atoms with Crippen molar-refractivity contribution in [2.45, 2.75) is 178 Å². The molecule has 1 aromatic rings. The van der Waals surface area contributed by atoms with E-state index >= 15 is 4.11 Å². The minimum Gasteiger partial charge on any atom is -0.481 e. The van der Waals surface area contributed by atoms with Crippen molar-refractivity contribution in [2.24, 2.45) is 0 Å². The highest BCUT2D eigenvalue weighted by molar-refractivity contribution is 6.90. The third kappa shape index (κ3) is 33.9. The normalized spacial score (nSPS) is 15.6. The maximum atomic E-state index is 17.1. The van der Waals surface area contributed by atoms with Gasteiger partial charge in [-0.05, 0) is 85.2 Å². The van der Waals surface area contributed by atoms with Crippen LogP contribution in [0.4, 0.5) is 8.90 Å². The van der Waals surface area contributed by atoms with E-state index in [1.54, 1.807) is 41.5 Å². The molecule has 0 radical (unpaired) electrons. The van der Waals surface area contributed by atoms with E-state index in [0.717, 1.165) is 0 Å². The number of nitrogens with zero attached hydrogens (tertiary/aromatic N) is 4. The average Bonchev–Trinajstić information content (AvgIpc) is 0.748. The second kappa shape index (κ2) is 44.1. The summed E-state index contributed by atoms with van der Waals surface area (Å²) in [5.74, 6) is -17.3. The van der Waals surface area contributed by atoms with Gasteiger partial charge in [0.1, 0.15) is 36.3 Å². The lowest BCUT2D eigenvalue weighted by atomic mass is 10.1. The van der Waals surface area contributed by atoms with Crippen molar-refractivity contribution in [1.82, 2.24) is 62.1 Å². The number of rotatable bonds is 44. The number of urea groups is 1. The number of carbonyl (C=O) groups excluding carboxylic acids is 7. The number of hydrogen-bond acceptors (Lipinski definition) is 20. The van der Waals surface area contributed by atoms with Gasteiger partial charge in [0.15, 0.2) is 0 Å². The predicted octanol–water partition coefficient (Wildman–Crippen LogP) is -1.33. The Morgan fingerprint density at radius 1 is 0.408 bits per heavy atom. The molecule has 1 aromatic carbocycles. The van der Waals surface area contributed by atoms with Crippen LogP contribution in [0.1, 0.15) is 142 Å². The Hall–Kier alpha value is -9.47. The number of benzene rings is 1. The van der Waals surface area contributed by atoms with Gasteiger partial charge in [0.25, 0.3) is 14.3 Å². The summed E-state index contributed by atoms with van der Waals surface area (Å²) in [5.41, 5.74) is 0.0386. The van der Waals surface area contributed by atoms with E-state index in [2.05, 4.69) is 31.9 Å². The van der Waals surface area contributed by atoms with Crippen LogP contribution in [0.5, 0.6) is 0 Å². The summed E-state index contributed by atoms with van der Waals surface area (Å²) in [4.78, 5) is 205. The van der Waals surface area contributed by atoms with E-state index in [-0.39, 0.29) is 129 Å². The van der Waals surface area contributed by atoms with Crippen LogP contribution in [0, 0.1) is 0 Å². The Morgan fingerprint density at radius 3 is 1.22 bits per heavy atom. The molecular formula is C64H101FN12O25Si. The molecule has 1 aliphatic heterocycles. The van der Waals surface area contributed by atoms with Crippen molar-refractivity contribution in [1.29, 1.82) is 0 Å². The highest BCUT2D eigenvalue weighted by Crippen LogP contribution is 2.51. The molecule has 578 valence electrons. The summed E-state index contributed by atoms with van der Waals surface area (Å²) in [6, 6.07) is -4.98. The second-order valence-corrected chi connectivity index (χ2v) is 31.8. The molecule has 1 aliphatic rings. The fourth-order valence-electron chi connectivity index (χ4n) is 11.6. The van der Waals surface area contributed by atoms with Crippen molar-refractivity contribution in [3.63, 3.8) is 0 Å². The van der Waals surface area contributed by atoms with Gasteiger partial charge in [0.05, 0.1) is 19.6 Å². The third-order valence-corrected chi connectivity index (χ3v) is 22.1. The summed E-state index contributed by atoms with van der Waals surface area (Å²) in [7, 11) is -3.77. The van der Waals surface area contributed by atoms with E-state index in [1.807, 2.05) is 10.6 Å². The molecule has 0 aliphatic carbocycles. The first-order chi connectivity index (χ1) is 48.0. The maximum Gasteiger partial charge on any atom is 0.326 e. The van der Waals surface area contributed by atoms with Crippen molar-refractivity contribution >= 4 is 109 Å². The monoisotopic (exact) mass is 1480 g/mol. The molecule has 0 saturated carbocycles. The largest absolute Gasteiger partial charge is 0.481 e. The zero-order chi connectivity index (χ0) is 78.0. The molecule has 1 heterocycles. The molecule has 2 rings (SSSR count). The highest BCUT2D eigenvalue weighted by Gasteiger charge is 2.56. The van der Waals surface area contributed by atoms with E-state index in [1.165, 1.54) is 43.9 Å². The van der Waals surface area contributed by atoms with E-state index in [0.29, 0.717) is 5.19 Å². The van der Waals surface area contributed by atoms with Crippen LogP contribution in [0.3, 0.4) is 0 Å². The van der Waals surface area contributed by atoms with Gasteiger partial charge in [-0.2, -0.15) is 0 Å². The molecule has 1 fully saturated rings. The number of unbranched alkanes of at least 4 members (excludes halogenated alkanes) is 1. The van der Waals surface area contributed by atoms with Crippen molar-refractivity contribution in [3.8, 4) is 0 Å². The zero-order valence-corrected chi connectivity index (χ0v) is 59.8. The average molecular weight is 1490 g/mol. The van der Waals surface area contributed by atoms with Gasteiger partial charge in [0, 0.05) is 110 Å². The molecule has 0 unspecified atom stereocenters. The molecule has 103 heavy (non-hydrogen) atoms. The van der Waals surface area contributed by atoms with Crippen molar-refractivity contribution in [3.05, 3.63) is 29.8 Å². The van der Waals surface area contributed by atoms with Gasteiger partial charge in [0.2, 0.25) is 29.5 Å². The second-order valence-electron chi connectivity index (χ2n) is 26.9. The Balaban J connectivity index is 2.14. The summed E-state index contributed by atoms with van der Waals surface area (Å²) in [6.45, 7) is 8.45. The molecule has 0 spiro atoms. The first-order valence-corrected chi connectivity index (χ1v) is 35.4. The lowest BCUT2D eigenvalue weighted by Gasteiger charge is -2.44. The number of carbonyl (C=O) groups is 16. The lowest BCUT2D eigenvalue weighted by molar-refractivity contribution is -0.145. The molecule has 37 nitrogen and oxygen atoms in total. The summed E-state index contributed by atoms with van der Waals surface area (Å²) >= 11 is 0. The predicted molar refractivity (Wildman–Crippen MR) is 364 cm³/mol. The Morgan fingerprint density at radius 2 is 0.796 bits per heavy atom. The number of halogens is 1.